The molecule has 1 atom stereocenters. The molecule has 3 rings (SSSR count). The smallest absolute Gasteiger partial charge is 0.227 e. The van der Waals surface area contributed by atoms with Crippen LogP contribution in [0, 0.1) is 19.3 Å². The lowest BCUT2D eigenvalue weighted by Crippen LogP contribution is -2.58. The summed E-state index contributed by atoms with van der Waals surface area (Å²) < 4.78 is 1.85. The Kier molecular flexibility index (Phi) is 3.78. The summed E-state index contributed by atoms with van der Waals surface area (Å²) in [6, 6.07) is 10.5. The van der Waals surface area contributed by atoms with Gasteiger partial charge in [-0.25, -0.2) is 0 Å². The fourth-order valence-corrected chi connectivity index (χ4v) is 3.75. The summed E-state index contributed by atoms with van der Waals surface area (Å²) in [5, 5.41) is 4.42. The number of likely N-dealkylation sites (tertiary alicyclic amines) is 1. The largest absolute Gasteiger partial charge is 0.334 e. The van der Waals surface area contributed by atoms with Crippen molar-refractivity contribution in [2.24, 2.45) is 12.5 Å². The molecule has 1 aliphatic heterocycles. The Balaban J connectivity index is 1.82. The third-order valence-corrected chi connectivity index (χ3v) is 5.05. The first-order chi connectivity index (χ1) is 10.8. The lowest BCUT2D eigenvalue weighted by Gasteiger charge is -2.54. The molecule has 0 bridgehead atoms. The van der Waals surface area contributed by atoms with Gasteiger partial charge in [-0.05, 0) is 19.4 Å². The summed E-state index contributed by atoms with van der Waals surface area (Å²) in [5.41, 5.74) is 4.43. The van der Waals surface area contributed by atoms with Crippen molar-refractivity contribution in [2.45, 2.75) is 40.2 Å². The molecule has 4 heteroatoms. The van der Waals surface area contributed by atoms with Gasteiger partial charge < -0.3 is 4.90 Å². The Morgan fingerprint density at radius 3 is 2.43 bits per heavy atom. The van der Waals surface area contributed by atoms with Gasteiger partial charge in [-0.15, -0.1) is 0 Å². The number of hydrogen-bond acceptors (Lipinski definition) is 2. The lowest BCUT2D eigenvalue weighted by atomic mass is 9.71. The molecule has 2 aromatic rings. The Labute approximate surface area is 138 Å². The predicted molar refractivity (Wildman–Crippen MR) is 91.1 cm³/mol. The summed E-state index contributed by atoms with van der Waals surface area (Å²) in [4.78, 5) is 14.9. The minimum Gasteiger partial charge on any atom is -0.334 e. The van der Waals surface area contributed by atoms with Gasteiger partial charge in [0.15, 0.2) is 0 Å². The fraction of sp³-hybridized carbons (Fsp3) is 0.474. The first-order valence-corrected chi connectivity index (χ1v) is 8.15. The van der Waals surface area contributed by atoms with E-state index >= 15 is 0 Å². The van der Waals surface area contributed by atoms with E-state index in [9.17, 15) is 4.79 Å². The van der Waals surface area contributed by atoms with Crippen LogP contribution in [-0.4, -0.2) is 27.1 Å². The molecule has 1 fully saturated rings. The van der Waals surface area contributed by atoms with Crippen LogP contribution in [-0.2, 0) is 18.3 Å². The second kappa shape index (κ2) is 5.52. The molecule has 4 nitrogen and oxygen atoms in total. The zero-order valence-electron chi connectivity index (χ0n) is 14.6. The molecular formula is C19H25N3O. The molecule has 0 aliphatic carbocycles. The highest BCUT2D eigenvalue weighted by Gasteiger charge is 2.48. The van der Waals surface area contributed by atoms with Crippen LogP contribution in [0.5, 0.6) is 0 Å². The van der Waals surface area contributed by atoms with Crippen LogP contribution in [0.2, 0.25) is 0 Å². The topological polar surface area (TPSA) is 38.1 Å². The molecular weight excluding hydrogens is 286 g/mol. The van der Waals surface area contributed by atoms with Crippen LogP contribution in [0.4, 0.5) is 0 Å². The second-order valence-electron chi connectivity index (χ2n) is 7.27. The van der Waals surface area contributed by atoms with E-state index < -0.39 is 0 Å². The van der Waals surface area contributed by atoms with Crippen molar-refractivity contribution >= 4 is 5.91 Å². The molecule has 0 N–H and O–H groups in total. The Bertz CT molecular complexity index is 731. The van der Waals surface area contributed by atoms with E-state index in [1.54, 1.807) is 0 Å². The summed E-state index contributed by atoms with van der Waals surface area (Å²) in [6.07, 6.45) is 0.435. The molecule has 0 saturated carbocycles. The summed E-state index contributed by atoms with van der Waals surface area (Å²) in [5.74, 6) is 0.192. The van der Waals surface area contributed by atoms with Gasteiger partial charge >= 0.3 is 0 Å². The summed E-state index contributed by atoms with van der Waals surface area (Å²) in [6.45, 7) is 9.27. The number of nitrogens with zero attached hydrogens (tertiary/aromatic N) is 3. The van der Waals surface area contributed by atoms with Crippen LogP contribution in [0.25, 0.3) is 0 Å². The average Bonchev–Trinajstić information content (AvgIpc) is 2.72. The fourth-order valence-electron chi connectivity index (χ4n) is 3.75. The van der Waals surface area contributed by atoms with Crippen molar-refractivity contribution in [1.29, 1.82) is 0 Å². The van der Waals surface area contributed by atoms with Crippen molar-refractivity contribution in [3.63, 3.8) is 0 Å². The van der Waals surface area contributed by atoms with Gasteiger partial charge in [-0.3, -0.25) is 9.48 Å². The number of carbonyl (C=O) groups excluding carboxylic acids is 1. The first kappa shape index (κ1) is 15.8. The van der Waals surface area contributed by atoms with Crippen LogP contribution >= 0.6 is 0 Å². The third kappa shape index (κ3) is 2.67. The molecule has 2 heterocycles. The van der Waals surface area contributed by atoms with E-state index in [4.69, 9.17) is 0 Å². The molecule has 1 saturated heterocycles. The molecule has 0 spiro atoms. The van der Waals surface area contributed by atoms with Gasteiger partial charge in [0.05, 0.1) is 18.2 Å². The quantitative estimate of drug-likeness (QED) is 0.873. The molecule has 122 valence electrons. The lowest BCUT2D eigenvalue weighted by molar-refractivity contribution is -0.151. The zero-order chi connectivity index (χ0) is 16.8. The standard InChI is InChI=1S/C19H25N3O/c1-13-16(14(2)21(5)20-13)11-17(23)22-12-19(3,4)18(22)15-9-7-6-8-10-15/h6-10,18H,11-12H2,1-5H3/t18-/m1/s1. The first-order valence-electron chi connectivity index (χ1n) is 8.15. The number of rotatable bonds is 3. The molecule has 1 aromatic carbocycles. The minimum absolute atomic E-state index is 0.121. The minimum atomic E-state index is 0.121. The third-order valence-electron chi connectivity index (χ3n) is 5.05. The number of aromatic nitrogens is 2. The molecule has 1 aromatic heterocycles. The van der Waals surface area contributed by atoms with E-state index in [1.165, 1.54) is 5.56 Å². The molecule has 1 amide bonds. The van der Waals surface area contributed by atoms with Gasteiger partial charge in [-0.2, -0.15) is 5.10 Å². The highest BCUT2D eigenvalue weighted by Crippen LogP contribution is 2.48. The van der Waals surface area contributed by atoms with Crippen LogP contribution < -0.4 is 0 Å². The van der Waals surface area contributed by atoms with Crippen molar-refractivity contribution in [1.82, 2.24) is 14.7 Å². The summed E-state index contributed by atoms with van der Waals surface area (Å²) >= 11 is 0. The maximum absolute atomic E-state index is 12.9. The van der Waals surface area contributed by atoms with Crippen LogP contribution in [0.1, 0.15) is 42.4 Å². The van der Waals surface area contributed by atoms with Crippen molar-refractivity contribution in [2.75, 3.05) is 6.54 Å². The van der Waals surface area contributed by atoms with Gasteiger partial charge in [0.25, 0.3) is 0 Å². The Hall–Kier alpha value is -2.10. The molecule has 1 aliphatic rings. The molecule has 23 heavy (non-hydrogen) atoms. The zero-order valence-corrected chi connectivity index (χ0v) is 14.6. The number of amides is 1. The highest BCUT2D eigenvalue weighted by atomic mass is 16.2. The SMILES string of the molecule is Cc1nn(C)c(C)c1CC(=O)N1CC(C)(C)[C@H]1c1ccccc1. The highest BCUT2D eigenvalue weighted by molar-refractivity contribution is 5.81. The number of hydrogen-bond donors (Lipinski definition) is 0. The van der Waals surface area contributed by atoms with E-state index in [1.807, 2.05) is 48.7 Å². The average molecular weight is 311 g/mol. The van der Waals surface area contributed by atoms with E-state index in [0.717, 1.165) is 23.5 Å². The molecule has 0 radical (unpaired) electrons. The second-order valence-corrected chi connectivity index (χ2v) is 7.27. The maximum Gasteiger partial charge on any atom is 0.227 e. The van der Waals surface area contributed by atoms with Gasteiger partial charge in [0.2, 0.25) is 5.91 Å². The van der Waals surface area contributed by atoms with Crippen molar-refractivity contribution < 1.29 is 4.79 Å². The van der Waals surface area contributed by atoms with Gasteiger partial charge in [0, 0.05) is 30.3 Å². The maximum atomic E-state index is 12.9. The number of benzene rings is 1. The Morgan fingerprint density at radius 2 is 1.91 bits per heavy atom. The van der Waals surface area contributed by atoms with Crippen molar-refractivity contribution in [3.05, 3.63) is 52.8 Å². The van der Waals surface area contributed by atoms with E-state index in [2.05, 4.69) is 31.1 Å². The Morgan fingerprint density at radius 1 is 1.26 bits per heavy atom. The van der Waals surface area contributed by atoms with E-state index in [-0.39, 0.29) is 17.4 Å². The van der Waals surface area contributed by atoms with Gasteiger partial charge in [0.1, 0.15) is 0 Å². The van der Waals surface area contributed by atoms with Crippen molar-refractivity contribution in [3.8, 4) is 0 Å². The van der Waals surface area contributed by atoms with Gasteiger partial charge in [-0.1, -0.05) is 44.2 Å². The summed E-state index contributed by atoms with van der Waals surface area (Å²) in [7, 11) is 1.93. The monoisotopic (exact) mass is 311 g/mol. The van der Waals surface area contributed by atoms with Crippen LogP contribution in [0.15, 0.2) is 30.3 Å². The van der Waals surface area contributed by atoms with E-state index in [0.29, 0.717) is 6.42 Å². The number of aryl methyl sites for hydroxylation is 2. The predicted octanol–water partition coefficient (Wildman–Crippen LogP) is 3.19. The van der Waals surface area contributed by atoms with Crippen LogP contribution in [0.3, 0.4) is 0 Å². The normalized spacial score (nSPS) is 19.5. The molecule has 0 unspecified atom stereocenters. The number of carbonyl (C=O) groups is 1.